The summed E-state index contributed by atoms with van der Waals surface area (Å²) in [5, 5.41) is 9.99. The van der Waals surface area contributed by atoms with Crippen LogP contribution in [0.3, 0.4) is 0 Å². The number of carbonyl (C=O) groups excluding carboxylic acids is 2. The third-order valence-corrected chi connectivity index (χ3v) is 4.48. The summed E-state index contributed by atoms with van der Waals surface area (Å²) in [5.74, 6) is -1.58. The van der Waals surface area contributed by atoms with Gasteiger partial charge in [0.25, 0.3) is 0 Å². The van der Waals surface area contributed by atoms with Crippen LogP contribution in [0.2, 0.25) is 0 Å². The van der Waals surface area contributed by atoms with E-state index in [1.54, 1.807) is 12.1 Å². The molecule has 2 aromatic rings. The Morgan fingerprint density at radius 2 is 1.54 bits per heavy atom. The molecule has 0 bridgehead atoms. The van der Waals surface area contributed by atoms with Crippen LogP contribution in [0.5, 0.6) is 0 Å². The van der Waals surface area contributed by atoms with E-state index >= 15 is 0 Å². The lowest BCUT2D eigenvalue weighted by Gasteiger charge is -2.13. The Labute approximate surface area is 152 Å². The Morgan fingerprint density at radius 3 is 2.04 bits per heavy atom. The highest BCUT2D eigenvalue weighted by Gasteiger charge is 2.14. The zero-order valence-corrected chi connectivity index (χ0v) is 15.2. The quantitative estimate of drug-likeness (QED) is 0.662. The second-order valence-electron chi connectivity index (χ2n) is 5.77. The minimum Gasteiger partial charge on any atom is -0.378 e. The van der Waals surface area contributed by atoms with Crippen molar-refractivity contribution in [2.24, 2.45) is 5.14 Å². The summed E-state index contributed by atoms with van der Waals surface area (Å²) < 4.78 is 22.4. The Morgan fingerprint density at radius 1 is 0.962 bits per heavy atom. The number of anilines is 2. The van der Waals surface area contributed by atoms with Gasteiger partial charge in [0, 0.05) is 32.0 Å². The van der Waals surface area contributed by atoms with E-state index in [1.165, 1.54) is 24.3 Å². The maximum absolute atomic E-state index is 11.9. The molecule has 0 fully saturated rings. The molecule has 0 aromatic heterocycles. The number of amides is 2. The van der Waals surface area contributed by atoms with E-state index in [0.717, 1.165) is 5.69 Å². The van der Waals surface area contributed by atoms with Gasteiger partial charge in [-0.05, 0) is 42.0 Å². The van der Waals surface area contributed by atoms with Gasteiger partial charge in [-0.1, -0.05) is 12.1 Å². The number of hydrogen-bond donors (Lipinski definition) is 3. The molecule has 2 amide bonds. The molecular weight excluding hydrogens is 356 g/mol. The maximum Gasteiger partial charge on any atom is 0.313 e. The molecule has 0 atom stereocenters. The molecule has 138 valence electrons. The van der Waals surface area contributed by atoms with E-state index < -0.39 is 21.8 Å². The van der Waals surface area contributed by atoms with E-state index in [0.29, 0.717) is 11.3 Å². The van der Waals surface area contributed by atoms with Crippen LogP contribution in [0.15, 0.2) is 53.4 Å². The predicted octanol–water partition coefficient (Wildman–Crippen LogP) is 0.655. The van der Waals surface area contributed by atoms with Gasteiger partial charge < -0.3 is 15.5 Å². The molecule has 0 saturated carbocycles. The molecule has 0 heterocycles. The summed E-state index contributed by atoms with van der Waals surface area (Å²) in [6.07, 6.45) is 0. The van der Waals surface area contributed by atoms with Crippen molar-refractivity contribution < 1.29 is 18.0 Å². The van der Waals surface area contributed by atoms with Crippen molar-refractivity contribution in [2.45, 2.75) is 11.4 Å². The number of nitrogens with zero attached hydrogens (tertiary/aromatic N) is 1. The number of nitrogens with two attached hydrogens (primary N) is 1. The highest BCUT2D eigenvalue weighted by Crippen LogP contribution is 2.15. The van der Waals surface area contributed by atoms with Crippen molar-refractivity contribution in [3.05, 3.63) is 54.1 Å². The zero-order chi connectivity index (χ0) is 19.3. The third-order valence-electron chi connectivity index (χ3n) is 3.55. The van der Waals surface area contributed by atoms with Crippen molar-refractivity contribution in [1.29, 1.82) is 0 Å². The van der Waals surface area contributed by atoms with Gasteiger partial charge in [0.2, 0.25) is 10.0 Å². The van der Waals surface area contributed by atoms with Crippen LogP contribution in [0.25, 0.3) is 0 Å². The van der Waals surface area contributed by atoms with Crippen LogP contribution in [0.1, 0.15) is 5.56 Å². The fourth-order valence-electron chi connectivity index (χ4n) is 2.09. The van der Waals surface area contributed by atoms with E-state index in [4.69, 9.17) is 5.14 Å². The average molecular weight is 376 g/mol. The first kappa shape index (κ1) is 19.4. The third kappa shape index (κ3) is 5.30. The molecule has 4 N–H and O–H groups in total. The Hall–Kier alpha value is -2.91. The summed E-state index contributed by atoms with van der Waals surface area (Å²) in [7, 11) is 0.0367. The predicted molar refractivity (Wildman–Crippen MR) is 99.1 cm³/mol. The molecule has 0 aliphatic rings. The fraction of sp³-hybridized carbons (Fsp3) is 0.176. The SMILES string of the molecule is CN(C)c1ccc(NC(=O)C(=O)NCc2ccc(S(N)(=O)=O)cc2)cc1. The van der Waals surface area contributed by atoms with Gasteiger partial charge in [-0.3, -0.25) is 9.59 Å². The number of primary sulfonamides is 1. The first-order valence-corrected chi connectivity index (χ1v) is 9.20. The van der Waals surface area contributed by atoms with Crippen molar-refractivity contribution in [3.8, 4) is 0 Å². The molecule has 0 radical (unpaired) electrons. The van der Waals surface area contributed by atoms with Crippen molar-refractivity contribution >= 4 is 33.2 Å². The molecule has 0 unspecified atom stereocenters. The smallest absolute Gasteiger partial charge is 0.313 e. The second-order valence-corrected chi connectivity index (χ2v) is 7.33. The average Bonchev–Trinajstić information content (AvgIpc) is 2.59. The monoisotopic (exact) mass is 376 g/mol. The van der Waals surface area contributed by atoms with Crippen LogP contribution < -0.4 is 20.7 Å². The summed E-state index contributed by atoms with van der Waals surface area (Å²) in [6, 6.07) is 12.7. The lowest BCUT2D eigenvalue weighted by molar-refractivity contribution is -0.136. The number of carbonyl (C=O) groups is 2. The van der Waals surface area contributed by atoms with Gasteiger partial charge in [-0.15, -0.1) is 0 Å². The number of benzene rings is 2. The highest BCUT2D eigenvalue weighted by atomic mass is 32.2. The van der Waals surface area contributed by atoms with Crippen molar-refractivity contribution in [1.82, 2.24) is 5.32 Å². The maximum atomic E-state index is 11.9. The fourth-order valence-corrected chi connectivity index (χ4v) is 2.61. The second kappa shape index (κ2) is 7.98. The van der Waals surface area contributed by atoms with Gasteiger partial charge in [0.1, 0.15) is 0 Å². The van der Waals surface area contributed by atoms with Crippen molar-refractivity contribution in [3.63, 3.8) is 0 Å². The van der Waals surface area contributed by atoms with Gasteiger partial charge in [-0.2, -0.15) is 0 Å². The minimum absolute atomic E-state index is 0.0218. The molecule has 0 saturated heterocycles. The van der Waals surface area contributed by atoms with Gasteiger partial charge in [0.05, 0.1) is 4.90 Å². The molecule has 9 heteroatoms. The van der Waals surface area contributed by atoms with Crippen LogP contribution in [0, 0.1) is 0 Å². The minimum atomic E-state index is -3.76. The topological polar surface area (TPSA) is 122 Å². The first-order chi connectivity index (χ1) is 12.2. The van der Waals surface area contributed by atoms with Gasteiger partial charge >= 0.3 is 11.8 Å². The molecule has 0 spiro atoms. The number of nitrogens with one attached hydrogen (secondary N) is 2. The molecule has 0 aliphatic heterocycles. The van der Waals surface area contributed by atoms with Crippen molar-refractivity contribution in [2.75, 3.05) is 24.3 Å². The van der Waals surface area contributed by atoms with E-state index in [2.05, 4.69) is 10.6 Å². The molecule has 8 nitrogen and oxygen atoms in total. The van der Waals surface area contributed by atoms with Crippen LogP contribution in [-0.4, -0.2) is 34.3 Å². The first-order valence-electron chi connectivity index (χ1n) is 7.65. The number of rotatable bonds is 5. The van der Waals surface area contributed by atoms with Crippen LogP contribution >= 0.6 is 0 Å². The lowest BCUT2D eigenvalue weighted by atomic mass is 10.2. The summed E-state index contributed by atoms with van der Waals surface area (Å²) in [6.45, 7) is 0.0801. The zero-order valence-electron chi connectivity index (χ0n) is 14.4. The lowest BCUT2D eigenvalue weighted by Crippen LogP contribution is -2.34. The van der Waals surface area contributed by atoms with E-state index in [9.17, 15) is 18.0 Å². The number of sulfonamides is 1. The summed E-state index contributed by atoms with van der Waals surface area (Å²) in [5.41, 5.74) is 2.11. The standard InChI is InChI=1S/C17H20N4O4S/c1-21(2)14-7-5-13(6-8-14)20-17(23)16(22)19-11-12-3-9-15(10-4-12)26(18,24)25/h3-10H,11H2,1-2H3,(H,19,22)(H,20,23)(H2,18,24,25). The molecule has 26 heavy (non-hydrogen) atoms. The highest BCUT2D eigenvalue weighted by molar-refractivity contribution is 7.89. The Kier molecular flexibility index (Phi) is 5.96. The van der Waals surface area contributed by atoms with E-state index in [1.807, 2.05) is 31.1 Å². The molecule has 0 aliphatic carbocycles. The largest absolute Gasteiger partial charge is 0.378 e. The van der Waals surface area contributed by atoms with Crippen LogP contribution in [-0.2, 0) is 26.2 Å². The molecule has 2 rings (SSSR count). The Bertz CT molecular complexity index is 891. The van der Waals surface area contributed by atoms with E-state index in [-0.39, 0.29) is 11.4 Å². The van der Waals surface area contributed by atoms with Crippen LogP contribution in [0.4, 0.5) is 11.4 Å². The summed E-state index contributed by atoms with van der Waals surface area (Å²) >= 11 is 0. The van der Waals surface area contributed by atoms with Gasteiger partial charge in [0.15, 0.2) is 0 Å². The van der Waals surface area contributed by atoms with Gasteiger partial charge in [-0.25, -0.2) is 13.6 Å². The molecule has 2 aromatic carbocycles. The Balaban J connectivity index is 1.90. The molecular formula is C17H20N4O4S. The normalized spacial score (nSPS) is 10.9. The summed E-state index contributed by atoms with van der Waals surface area (Å²) in [4.78, 5) is 25.7. The number of hydrogen-bond acceptors (Lipinski definition) is 5.